The quantitative estimate of drug-likeness (QED) is 0.600. The molecule has 0 aliphatic rings. The van der Waals surface area contributed by atoms with E-state index in [4.69, 9.17) is 4.74 Å². The van der Waals surface area contributed by atoms with Crippen LogP contribution in [0.1, 0.15) is 19.9 Å². The van der Waals surface area contributed by atoms with Crippen molar-refractivity contribution in [1.29, 1.82) is 0 Å². The van der Waals surface area contributed by atoms with Gasteiger partial charge in [0.2, 0.25) is 6.08 Å². The predicted molar refractivity (Wildman–Crippen MR) is 66.7 cm³/mol. The fraction of sp³-hybridized carbons (Fsp3) is 0.308. The van der Waals surface area contributed by atoms with Crippen molar-refractivity contribution in [2.24, 2.45) is 4.99 Å². The minimum Gasteiger partial charge on any atom is -0.496 e. The molecule has 17 heavy (non-hydrogen) atoms. The number of rotatable bonds is 3. The highest BCUT2D eigenvalue weighted by atomic mass is 16.5. The van der Waals surface area contributed by atoms with Gasteiger partial charge in [0.05, 0.1) is 12.6 Å². The highest BCUT2D eigenvalue weighted by Crippen LogP contribution is 2.34. The molecular formula is C13H14N2O2. The van der Waals surface area contributed by atoms with Crippen molar-refractivity contribution < 1.29 is 9.53 Å². The number of hydrogen-bond acceptors (Lipinski definition) is 3. The van der Waals surface area contributed by atoms with Gasteiger partial charge in [0.25, 0.3) is 0 Å². The molecular weight excluding hydrogens is 216 g/mol. The Labute approximate surface area is 99.5 Å². The average molecular weight is 230 g/mol. The summed E-state index contributed by atoms with van der Waals surface area (Å²) in [7, 11) is 1.63. The minimum absolute atomic E-state index is 0.215. The molecule has 0 saturated heterocycles. The summed E-state index contributed by atoms with van der Waals surface area (Å²) in [5.41, 5.74) is 1.01. The van der Waals surface area contributed by atoms with Crippen LogP contribution in [0.2, 0.25) is 0 Å². The van der Waals surface area contributed by atoms with E-state index < -0.39 is 0 Å². The minimum atomic E-state index is 0.215. The zero-order valence-corrected chi connectivity index (χ0v) is 10.1. The van der Waals surface area contributed by atoms with Crippen molar-refractivity contribution >= 4 is 22.8 Å². The third-order valence-electron chi connectivity index (χ3n) is 2.72. The van der Waals surface area contributed by atoms with Gasteiger partial charge in [0.15, 0.2) is 0 Å². The fourth-order valence-electron chi connectivity index (χ4n) is 2.06. The molecule has 0 spiro atoms. The molecule has 4 nitrogen and oxygen atoms in total. The molecule has 0 unspecified atom stereocenters. The van der Waals surface area contributed by atoms with E-state index in [0.29, 0.717) is 5.82 Å². The summed E-state index contributed by atoms with van der Waals surface area (Å²) >= 11 is 0. The lowest BCUT2D eigenvalue weighted by Gasteiger charge is -2.11. The molecule has 2 aromatic rings. The summed E-state index contributed by atoms with van der Waals surface area (Å²) in [5.74, 6) is 1.39. The van der Waals surface area contributed by atoms with Crippen molar-refractivity contribution in [2.45, 2.75) is 19.9 Å². The molecule has 88 valence electrons. The number of nitrogens with zero attached hydrogens (tertiary/aromatic N) is 2. The summed E-state index contributed by atoms with van der Waals surface area (Å²) in [4.78, 5) is 14.2. The van der Waals surface area contributed by atoms with Crippen LogP contribution in [0.5, 0.6) is 5.75 Å². The van der Waals surface area contributed by atoms with Gasteiger partial charge < -0.3 is 9.30 Å². The number of benzene rings is 1. The number of methoxy groups -OCH3 is 1. The first kappa shape index (κ1) is 11.4. The molecule has 1 aromatic carbocycles. The van der Waals surface area contributed by atoms with E-state index in [1.165, 1.54) is 0 Å². The first-order valence-corrected chi connectivity index (χ1v) is 5.45. The molecule has 0 saturated carbocycles. The van der Waals surface area contributed by atoms with Crippen LogP contribution in [0.15, 0.2) is 29.3 Å². The molecule has 4 heteroatoms. The van der Waals surface area contributed by atoms with Gasteiger partial charge >= 0.3 is 0 Å². The summed E-state index contributed by atoms with van der Waals surface area (Å²) in [6.45, 7) is 4.09. The summed E-state index contributed by atoms with van der Waals surface area (Å²) in [5, 5.41) is 0.956. The maximum atomic E-state index is 10.4. The van der Waals surface area contributed by atoms with Crippen LogP contribution >= 0.6 is 0 Å². The van der Waals surface area contributed by atoms with Gasteiger partial charge in [-0.1, -0.05) is 6.07 Å². The van der Waals surface area contributed by atoms with Crippen molar-refractivity contribution in [1.82, 2.24) is 4.57 Å². The standard InChI is InChI=1S/C13H14N2O2/c1-9(2)15-11-5-4-6-12(17-3)10(11)7-13(15)14-8-16/h4-7,9H,1-3H3. The number of hydrogen-bond donors (Lipinski definition) is 0. The highest BCUT2D eigenvalue weighted by Gasteiger charge is 2.13. The molecule has 0 aliphatic heterocycles. The van der Waals surface area contributed by atoms with E-state index in [-0.39, 0.29) is 6.04 Å². The van der Waals surface area contributed by atoms with Crippen LogP contribution in [0.25, 0.3) is 10.9 Å². The van der Waals surface area contributed by atoms with E-state index in [1.807, 2.05) is 42.7 Å². The Bertz CT molecular complexity index is 593. The second-order valence-corrected chi connectivity index (χ2v) is 4.06. The van der Waals surface area contributed by atoms with Crippen LogP contribution in [0, 0.1) is 0 Å². The smallest absolute Gasteiger partial charge is 0.242 e. The Morgan fingerprint density at radius 3 is 2.76 bits per heavy atom. The molecule has 1 aromatic heterocycles. The van der Waals surface area contributed by atoms with Gasteiger partial charge in [0.1, 0.15) is 11.6 Å². The number of fused-ring (bicyclic) bond motifs is 1. The second-order valence-electron chi connectivity index (χ2n) is 4.06. The number of aliphatic imine (C=N–C) groups is 1. The summed E-state index contributed by atoms with van der Waals surface area (Å²) in [6.07, 6.45) is 1.59. The van der Waals surface area contributed by atoms with Crippen LogP contribution in [-0.2, 0) is 4.79 Å². The molecule has 1 heterocycles. The first-order chi connectivity index (χ1) is 8.19. The molecule has 0 atom stereocenters. The number of isocyanates is 1. The SMILES string of the molecule is COc1cccc2c1cc(N=C=O)n2C(C)C. The predicted octanol–water partition coefficient (Wildman–Crippen LogP) is 3.20. The Kier molecular flexibility index (Phi) is 2.98. The molecule has 0 amide bonds. The molecule has 0 aliphatic carbocycles. The number of carbonyl (C=O) groups excluding carboxylic acids is 1. The lowest BCUT2D eigenvalue weighted by atomic mass is 10.2. The van der Waals surface area contributed by atoms with E-state index in [1.54, 1.807) is 13.2 Å². The maximum absolute atomic E-state index is 10.4. The molecule has 0 radical (unpaired) electrons. The Balaban J connectivity index is 2.83. The van der Waals surface area contributed by atoms with Crippen molar-refractivity contribution in [3.63, 3.8) is 0 Å². The lowest BCUT2D eigenvalue weighted by Crippen LogP contribution is -1.99. The molecule has 0 fully saturated rings. The third-order valence-corrected chi connectivity index (χ3v) is 2.72. The average Bonchev–Trinajstić information content (AvgIpc) is 2.67. The van der Waals surface area contributed by atoms with Crippen LogP contribution in [0.4, 0.5) is 5.82 Å². The molecule has 0 bridgehead atoms. The third kappa shape index (κ3) is 1.83. The largest absolute Gasteiger partial charge is 0.496 e. The molecule has 0 N–H and O–H groups in total. The fourth-order valence-corrected chi connectivity index (χ4v) is 2.06. The van der Waals surface area contributed by atoms with Crippen LogP contribution in [-0.4, -0.2) is 17.8 Å². The maximum Gasteiger partial charge on any atom is 0.242 e. The normalized spacial score (nSPS) is 10.6. The summed E-state index contributed by atoms with van der Waals surface area (Å²) in [6, 6.07) is 7.86. The van der Waals surface area contributed by atoms with Gasteiger partial charge in [-0.15, -0.1) is 4.99 Å². The van der Waals surface area contributed by atoms with Gasteiger partial charge in [-0.3, -0.25) is 0 Å². The lowest BCUT2D eigenvalue weighted by molar-refractivity contribution is 0.420. The second kappa shape index (κ2) is 4.44. The van der Waals surface area contributed by atoms with Gasteiger partial charge in [-0.2, -0.15) is 0 Å². The van der Waals surface area contributed by atoms with Crippen molar-refractivity contribution in [3.8, 4) is 5.75 Å². The zero-order chi connectivity index (χ0) is 12.4. The Hall–Kier alpha value is -2.06. The monoisotopic (exact) mass is 230 g/mol. The van der Waals surface area contributed by atoms with E-state index >= 15 is 0 Å². The van der Waals surface area contributed by atoms with Crippen LogP contribution < -0.4 is 4.74 Å². The van der Waals surface area contributed by atoms with Gasteiger partial charge in [-0.05, 0) is 32.0 Å². The zero-order valence-electron chi connectivity index (χ0n) is 10.1. The van der Waals surface area contributed by atoms with Gasteiger partial charge in [-0.25, -0.2) is 4.79 Å². The van der Waals surface area contributed by atoms with E-state index in [2.05, 4.69) is 4.99 Å². The highest BCUT2D eigenvalue weighted by molar-refractivity contribution is 5.90. The van der Waals surface area contributed by atoms with Gasteiger partial charge in [0, 0.05) is 11.4 Å². The van der Waals surface area contributed by atoms with E-state index in [9.17, 15) is 4.79 Å². The molecule has 2 rings (SSSR count). The Morgan fingerprint density at radius 1 is 1.41 bits per heavy atom. The summed E-state index contributed by atoms with van der Waals surface area (Å²) < 4.78 is 7.29. The number of ether oxygens (including phenoxy) is 1. The Morgan fingerprint density at radius 2 is 2.18 bits per heavy atom. The van der Waals surface area contributed by atoms with Crippen LogP contribution in [0.3, 0.4) is 0 Å². The van der Waals surface area contributed by atoms with Crippen molar-refractivity contribution in [2.75, 3.05) is 7.11 Å². The van der Waals surface area contributed by atoms with E-state index in [0.717, 1.165) is 16.7 Å². The van der Waals surface area contributed by atoms with Crippen molar-refractivity contribution in [3.05, 3.63) is 24.3 Å². The first-order valence-electron chi connectivity index (χ1n) is 5.45. The topological polar surface area (TPSA) is 43.6 Å². The number of aromatic nitrogens is 1.